The van der Waals surface area contributed by atoms with Crippen molar-refractivity contribution in [2.75, 3.05) is 13.2 Å². The van der Waals surface area contributed by atoms with Crippen LogP contribution < -0.4 is 5.32 Å². The molecule has 36 heavy (non-hydrogen) atoms. The number of nitrogens with zero attached hydrogens (tertiary/aromatic N) is 4. The van der Waals surface area contributed by atoms with E-state index in [1.54, 1.807) is 40.9 Å². The van der Waals surface area contributed by atoms with Crippen LogP contribution in [0, 0.1) is 0 Å². The molecule has 0 fully saturated rings. The van der Waals surface area contributed by atoms with Crippen LogP contribution in [0.25, 0.3) is 0 Å². The molecule has 0 saturated heterocycles. The highest BCUT2D eigenvalue weighted by Crippen LogP contribution is 2.29. The largest absolute Gasteiger partial charge is 0.461 e. The molecule has 0 aliphatic carbocycles. The molecule has 1 aliphatic rings. The van der Waals surface area contributed by atoms with Crippen molar-refractivity contribution < 1.29 is 14.3 Å². The fraction of sp³-hybridized carbons (Fsp3) is 0.385. The molecule has 1 amide bonds. The van der Waals surface area contributed by atoms with Crippen LogP contribution in [-0.2, 0) is 24.2 Å². The number of rotatable bonds is 8. The monoisotopic (exact) mass is 529 g/mol. The fourth-order valence-corrected chi connectivity index (χ4v) is 4.67. The van der Waals surface area contributed by atoms with Gasteiger partial charge in [0.1, 0.15) is 0 Å². The number of halogens is 2. The molecule has 2 atom stereocenters. The van der Waals surface area contributed by atoms with Crippen molar-refractivity contribution >= 4 is 35.1 Å². The topological polar surface area (TPSA) is 89.3 Å². The van der Waals surface area contributed by atoms with E-state index in [2.05, 4.69) is 10.3 Å². The second-order valence-electron chi connectivity index (χ2n) is 8.76. The lowest BCUT2D eigenvalue weighted by molar-refractivity contribution is 0.0502. The lowest BCUT2D eigenvalue weighted by Gasteiger charge is -2.33. The van der Waals surface area contributed by atoms with Gasteiger partial charge in [-0.3, -0.25) is 14.5 Å². The van der Waals surface area contributed by atoms with Crippen molar-refractivity contribution in [3.05, 3.63) is 80.8 Å². The van der Waals surface area contributed by atoms with E-state index in [1.165, 1.54) is 0 Å². The molecule has 1 unspecified atom stereocenters. The maximum Gasteiger partial charge on any atom is 0.356 e. The molecule has 0 saturated carbocycles. The summed E-state index contributed by atoms with van der Waals surface area (Å²) in [5, 5.41) is 8.89. The molecule has 1 aromatic carbocycles. The van der Waals surface area contributed by atoms with E-state index in [9.17, 15) is 9.59 Å². The van der Waals surface area contributed by atoms with Crippen LogP contribution in [0.2, 0.25) is 10.0 Å². The lowest BCUT2D eigenvalue weighted by atomic mass is 9.98. The molecule has 0 spiro atoms. The molecule has 4 rings (SSSR count). The summed E-state index contributed by atoms with van der Waals surface area (Å²) in [5.74, 6) is -0.624. The van der Waals surface area contributed by atoms with Crippen LogP contribution in [0.3, 0.4) is 0 Å². The Morgan fingerprint density at radius 1 is 1.22 bits per heavy atom. The van der Waals surface area contributed by atoms with Gasteiger partial charge >= 0.3 is 5.97 Å². The van der Waals surface area contributed by atoms with Gasteiger partial charge in [0.05, 0.1) is 41.1 Å². The first kappa shape index (κ1) is 26.1. The van der Waals surface area contributed by atoms with Crippen LogP contribution in [0.15, 0.2) is 42.6 Å². The van der Waals surface area contributed by atoms with Gasteiger partial charge in [0.25, 0.3) is 5.91 Å². The second kappa shape index (κ2) is 11.4. The summed E-state index contributed by atoms with van der Waals surface area (Å²) in [4.78, 5) is 32.4. The van der Waals surface area contributed by atoms with Gasteiger partial charge < -0.3 is 15.0 Å². The van der Waals surface area contributed by atoms with Crippen LogP contribution in [0.4, 0.5) is 0 Å². The molecule has 190 valence electrons. The number of hydrogen-bond donors (Lipinski definition) is 1. The highest BCUT2D eigenvalue weighted by atomic mass is 35.5. The number of esters is 1. The van der Waals surface area contributed by atoms with Gasteiger partial charge in [0.15, 0.2) is 5.69 Å². The van der Waals surface area contributed by atoms with E-state index < -0.39 is 5.97 Å². The first-order chi connectivity index (χ1) is 17.3. The number of fused-ring (bicyclic) bond motifs is 1. The van der Waals surface area contributed by atoms with Crippen molar-refractivity contribution in [3.63, 3.8) is 0 Å². The van der Waals surface area contributed by atoms with Crippen molar-refractivity contribution in [1.29, 1.82) is 0 Å². The first-order valence-electron chi connectivity index (χ1n) is 12.0. The highest BCUT2D eigenvalue weighted by molar-refractivity contribution is 6.42. The number of benzene rings is 1. The summed E-state index contributed by atoms with van der Waals surface area (Å²) in [6.07, 6.45) is 2.29. The van der Waals surface area contributed by atoms with E-state index in [1.807, 2.05) is 32.0 Å². The Bertz CT molecular complexity index is 1250. The molecular formula is C26H29Cl2N5O3. The van der Waals surface area contributed by atoms with E-state index in [0.717, 1.165) is 17.0 Å². The SMILES string of the molecule is CCOC(=O)c1c2c(nn1CCNC(C)c1ccccn1)C[C@@H](C)N(C(=O)c1ccc(Cl)c(Cl)c1)C2. The predicted octanol–water partition coefficient (Wildman–Crippen LogP) is 4.70. The Kier molecular flexibility index (Phi) is 8.28. The fourth-order valence-electron chi connectivity index (χ4n) is 4.38. The summed E-state index contributed by atoms with van der Waals surface area (Å²) >= 11 is 12.2. The maximum atomic E-state index is 13.3. The molecule has 8 nitrogen and oxygen atoms in total. The molecular weight excluding hydrogens is 501 g/mol. The molecule has 2 aromatic heterocycles. The number of carbonyl (C=O) groups is 2. The van der Waals surface area contributed by atoms with Crippen molar-refractivity contribution in [3.8, 4) is 0 Å². The minimum Gasteiger partial charge on any atom is -0.461 e. The molecule has 1 N–H and O–H groups in total. The van der Waals surface area contributed by atoms with Gasteiger partial charge in [-0.25, -0.2) is 4.79 Å². The molecule has 3 heterocycles. The van der Waals surface area contributed by atoms with Crippen molar-refractivity contribution in [2.45, 2.75) is 52.4 Å². The summed E-state index contributed by atoms with van der Waals surface area (Å²) in [6, 6.07) is 10.6. The van der Waals surface area contributed by atoms with Crippen LogP contribution in [0.5, 0.6) is 0 Å². The molecule has 0 radical (unpaired) electrons. The number of ether oxygens (including phenoxy) is 1. The number of nitrogens with one attached hydrogen (secondary N) is 1. The number of hydrogen-bond acceptors (Lipinski definition) is 6. The Morgan fingerprint density at radius 3 is 2.72 bits per heavy atom. The zero-order valence-corrected chi connectivity index (χ0v) is 22.0. The third kappa shape index (κ3) is 5.56. The van der Waals surface area contributed by atoms with Gasteiger partial charge in [-0.15, -0.1) is 0 Å². The standard InChI is InChI=1S/C26H29Cl2N5O3/c1-4-36-26(35)24-19-15-32(25(34)18-8-9-20(27)21(28)14-18)16(2)13-23(19)31-33(24)12-11-29-17(3)22-7-5-6-10-30-22/h5-10,14,16-17,29H,4,11-13,15H2,1-3H3/t16-,17?/m1/s1. The van der Waals surface area contributed by atoms with Crippen molar-refractivity contribution in [1.82, 2.24) is 25.0 Å². The maximum absolute atomic E-state index is 13.3. The minimum absolute atomic E-state index is 0.0433. The number of amides is 1. The Balaban J connectivity index is 1.56. The van der Waals surface area contributed by atoms with Crippen LogP contribution in [-0.4, -0.2) is 50.7 Å². The van der Waals surface area contributed by atoms with Gasteiger partial charge in [-0.2, -0.15) is 5.10 Å². The van der Waals surface area contributed by atoms with Gasteiger partial charge in [-0.1, -0.05) is 29.3 Å². The first-order valence-corrected chi connectivity index (χ1v) is 12.7. The highest BCUT2D eigenvalue weighted by Gasteiger charge is 2.34. The smallest absolute Gasteiger partial charge is 0.356 e. The predicted molar refractivity (Wildman–Crippen MR) is 138 cm³/mol. The Morgan fingerprint density at radius 2 is 2.03 bits per heavy atom. The summed E-state index contributed by atoms with van der Waals surface area (Å²) in [7, 11) is 0. The van der Waals surface area contributed by atoms with Gasteiger partial charge in [-0.05, 0) is 51.1 Å². The zero-order chi connectivity index (χ0) is 25.8. The number of pyridine rings is 1. The lowest BCUT2D eigenvalue weighted by Crippen LogP contribution is -2.42. The van der Waals surface area contributed by atoms with E-state index in [0.29, 0.717) is 40.8 Å². The molecule has 0 bridgehead atoms. The number of aromatic nitrogens is 3. The minimum atomic E-state index is -0.444. The van der Waals surface area contributed by atoms with E-state index in [4.69, 9.17) is 33.0 Å². The summed E-state index contributed by atoms with van der Waals surface area (Å²) in [6.45, 7) is 7.31. The van der Waals surface area contributed by atoms with E-state index >= 15 is 0 Å². The van der Waals surface area contributed by atoms with Gasteiger partial charge in [0.2, 0.25) is 0 Å². The third-order valence-electron chi connectivity index (χ3n) is 6.28. The van der Waals surface area contributed by atoms with E-state index in [-0.39, 0.29) is 31.1 Å². The number of carbonyl (C=O) groups excluding carboxylic acids is 2. The molecule has 1 aliphatic heterocycles. The van der Waals surface area contributed by atoms with Crippen LogP contribution in [0.1, 0.15) is 64.6 Å². The van der Waals surface area contributed by atoms with Gasteiger partial charge in [0, 0.05) is 42.4 Å². The zero-order valence-electron chi connectivity index (χ0n) is 20.5. The molecule has 10 heteroatoms. The third-order valence-corrected chi connectivity index (χ3v) is 7.02. The Hall–Kier alpha value is -2.94. The normalized spacial score (nSPS) is 15.9. The summed E-state index contributed by atoms with van der Waals surface area (Å²) < 4.78 is 7.06. The quantitative estimate of drug-likeness (QED) is 0.425. The van der Waals surface area contributed by atoms with Crippen molar-refractivity contribution in [2.24, 2.45) is 0 Å². The summed E-state index contributed by atoms with van der Waals surface area (Å²) in [5.41, 5.74) is 3.29. The average Bonchev–Trinajstić information content (AvgIpc) is 3.22. The molecule has 3 aromatic rings. The average molecular weight is 530 g/mol. The van der Waals surface area contributed by atoms with Crippen LogP contribution >= 0.6 is 23.2 Å². The Labute approximate surface area is 220 Å². The second-order valence-corrected chi connectivity index (χ2v) is 9.58.